The Kier molecular flexibility index (Phi) is 10.9. The third-order valence-electron chi connectivity index (χ3n) is 4.49. The molecule has 0 aliphatic rings. The largest absolute Gasteiger partial charge is 0.346 e. The first kappa shape index (κ1) is 20.5. The SMILES string of the molecule is C=C(C)C(=O)NC(CCCCCCCCCCC)c1ccccc1. The average Bonchev–Trinajstić information content (AvgIpc) is 2.59. The van der Waals surface area contributed by atoms with Crippen LogP contribution in [0.4, 0.5) is 0 Å². The van der Waals surface area contributed by atoms with Crippen LogP contribution >= 0.6 is 0 Å². The quantitative estimate of drug-likeness (QED) is 0.332. The molecule has 2 heteroatoms. The Labute approximate surface area is 148 Å². The summed E-state index contributed by atoms with van der Waals surface area (Å²) in [5, 5.41) is 3.12. The van der Waals surface area contributed by atoms with E-state index in [1.165, 1.54) is 56.9 Å². The van der Waals surface area contributed by atoms with Crippen LogP contribution in [0.1, 0.15) is 89.7 Å². The van der Waals surface area contributed by atoms with Gasteiger partial charge in [0.15, 0.2) is 0 Å². The number of hydrogen-bond acceptors (Lipinski definition) is 1. The van der Waals surface area contributed by atoms with E-state index >= 15 is 0 Å². The first-order chi connectivity index (χ1) is 11.6. The smallest absolute Gasteiger partial charge is 0.246 e. The highest BCUT2D eigenvalue weighted by Gasteiger charge is 2.14. The van der Waals surface area contributed by atoms with E-state index in [2.05, 4.69) is 31.0 Å². The normalized spacial score (nSPS) is 11.9. The second kappa shape index (κ2) is 12.8. The zero-order valence-electron chi connectivity index (χ0n) is 15.7. The molecule has 1 rings (SSSR count). The van der Waals surface area contributed by atoms with Gasteiger partial charge >= 0.3 is 0 Å². The number of carbonyl (C=O) groups is 1. The maximum absolute atomic E-state index is 12.0. The van der Waals surface area contributed by atoms with Crippen molar-refractivity contribution in [2.24, 2.45) is 0 Å². The molecule has 0 aliphatic carbocycles. The molecule has 0 radical (unpaired) electrons. The standard InChI is InChI=1S/C22H35NO/c1-4-5-6-7-8-9-10-11-15-18-21(23-22(24)19(2)3)20-16-13-12-14-17-20/h12-14,16-17,21H,2,4-11,15,18H2,1,3H3,(H,23,24). The number of rotatable bonds is 13. The van der Waals surface area contributed by atoms with E-state index in [0.29, 0.717) is 5.57 Å². The van der Waals surface area contributed by atoms with Gasteiger partial charge in [-0.1, -0.05) is 102 Å². The fourth-order valence-electron chi connectivity index (χ4n) is 2.95. The zero-order valence-corrected chi connectivity index (χ0v) is 15.7. The van der Waals surface area contributed by atoms with Crippen molar-refractivity contribution >= 4 is 5.91 Å². The second-order valence-electron chi connectivity index (χ2n) is 6.83. The molecule has 1 atom stereocenters. The molecule has 0 saturated carbocycles. The lowest BCUT2D eigenvalue weighted by molar-refractivity contribution is -0.118. The number of nitrogens with one attached hydrogen (secondary N) is 1. The zero-order chi connectivity index (χ0) is 17.6. The van der Waals surface area contributed by atoms with Crippen molar-refractivity contribution < 1.29 is 4.79 Å². The van der Waals surface area contributed by atoms with Gasteiger partial charge in [-0.3, -0.25) is 4.79 Å². The van der Waals surface area contributed by atoms with Gasteiger partial charge in [0.25, 0.3) is 0 Å². The fraction of sp³-hybridized carbons (Fsp3) is 0.591. The Morgan fingerprint density at radius 3 is 2.04 bits per heavy atom. The van der Waals surface area contributed by atoms with Crippen molar-refractivity contribution in [3.05, 3.63) is 48.0 Å². The molecule has 2 nitrogen and oxygen atoms in total. The molecule has 0 fully saturated rings. The van der Waals surface area contributed by atoms with Gasteiger partial charge in [-0.25, -0.2) is 0 Å². The monoisotopic (exact) mass is 329 g/mol. The molecule has 0 saturated heterocycles. The first-order valence-corrected chi connectivity index (χ1v) is 9.66. The Morgan fingerprint density at radius 2 is 1.50 bits per heavy atom. The number of unbranched alkanes of at least 4 members (excludes halogenated alkanes) is 8. The van der Waals surface area contributed by atoms with Gasteiger partial charge < -0.3 is 5.32 Å². The van der Waals surface area contributed by atoms with Crippen molar-refractivity contribution in [2.75, 3.05) is 0 Å². The molecular weight excluding hydrogens is 294 g/mol. The summed E-state index contributed by atoms with van der Waals surface area (Å²) < 4.78 is 0. The molecule has 0 heterocycles. The Bertz CT molecular complexity index is 466. The lowest BCUT2D eigenvalue weighted by Gasteiger charge is -2.19. The highest BCUT2D eigenvalue weighted by Crippen LogP contribution is 2.21. The third kappa shape index (κ3) is 8.90. The molecule has 1 N–H and O–H groups in total. The Morgan fingerprint density at radius 1 is 0.958 bits per heavy atom. The number of benzene rings is 1. The minimum absolute atomic E-state index is 0.0419. The molecule has 1 aromatic carbocycles. The Hall–Kier alpha value is -1.57. The van der Waals surface area contributed by atoms with E-state index in [-0.39, 0.29) is 11.9 Å². The van der Waals surface area contributed by atoms with Gasteiger partial charge in [0.1, 0.15) is 0 Å². The van der Waals surface area contributed by atoms with Gasteiger partial charge in [-0.15, -0.1) is 0 Å². The second-order valence-corrected chi connectivity index (χ2v) is 6.83. The van der Waals surface area contributed by atoms with Crippen LogP contribution in [0, 0.1) is 0 Å². The van der Waals surface area contributed by atoms with Crippen LogP contribution in [0.25, 0.3) is 0 Å². The minimum Gasteiger partial charge on any atom is -0.346 e. The molecule has 1 unspecified atom stereocenters. The van der Waals surface area contributed by atoms with Crippen LogP contribution in [0.5, 0.6) is 0 Å². The highest BCUT2D eigenvalue weighted by atomic mass is 16.1. The van der Waals surface area contributed by atoms with E-state index in [9.17, 15) is 4.79 Å². The van der Waals surface area contributed by atoms with Crippen LogP contribution in [0.3, 0.4) is 0 Å². The van der Waals surface area contributed by atoms with Gasteiger partial charge in [0.2, 0.25) is 5.91 Å². The van der Waals surface area contributed by atoms with Gasteiger partial charge in [0.05, 0.1) is 6.04 Å². The predicted molar refractivity (Wildman–Crippen MR) is 104 cm³/mol. The van der Waals surface area contributed by atoms with Crippen LogP contribution in [-0.2, 0) is 4.79 Å². The number of carbonyl (C=O) groups excluding carboxylic acids is 1. The summed E-state index contributed by atoms with van der Waals surface area (Å²) in [6, 6.07) is 10.4. The molecule has 24 heavy (non-hydrogen) atoms. The predicted octanol–water partition coefficient (Wildman–Crippen LogP) is 6.34. The van der Waals surface area contributed by atoms with E-state index < -0.39 is 0 Å². The van der Waals surface area contributed by atoms with Crippen molar-refractivity contribution in [3.63, 3.8) is 0 Å². The maximum Gasteiger partial charge on any atom is 0.246 e. The lowest BCUT2D eigenvalue weighted by Crippen LogP contribution is -2.28. The highest BCUT2D eigenvalue weighted by molar-refractivity contribution is 5.92. The van der Waals surface area contributed by atoms with Crippen LogP contribution in [0.15, 0.2) is 42.5 Å². The lowest BCUT2D eigenvalue weighted by atomic mass is 9.99. The summed E-state index contributed by atoms with van der Waals surface area (Å²) in [6.07, 6.45) is 12.9. The first-order valence-electron chi connectivity index (χ1n) is 9.66. The summed E-state index contributed by atoms with van der Waals surface area (Å²) in [6.45, 7) is 7.76. The van der Waals surface area contributed by atoms with Crippen LogP contribution < -0.4 is 5.32 Å². The van der Waals surface area contributed by atoms with Crippen molar-refractivity contribution in [1.82, 2.24) is 5.32 Å². The van der Waals surface area contributed by atoms with Gasteiger partial charge in [-0.05, 0) is 18.9 Å². The minimum atomic E-state index is -0.0419. The molecular formula is C22H35NO. The summed E-state index contributed by atoms with van der Waals surface area (Å²) in [5.74, 6) is -0.0419. The summed E-state index contributed by atoms with van der Waals surface area (Å²) >= 11 is 0. The van der Waals surface area contributed by atoms with Crippen molar-refractivity contribution in [1.29, 1.82) is 0 Å². The summed E-state index contributed by atoms with van der Waals surface area (Å²) in [4.78, 5) is 12.0. The Balaban J connectivity index is 2.30. The number of amides is 1. The molecule has 0 aromatic heterocycles. The fourth-order valence-corrected chi connectivity index (χ4v) is 2.95. The van der Waals surface area contributed by atoms with E-state index in [1.807, 2.05) is 18.2 Å². The van der Waals surface area contributed by atoms with Crippen LogP contribution in [-0.4, -0.2) is 5.91 Å². The van der Waals surface area contributed by atoms with Gasteiger partial charge in [-0.2, -0.15) is 0 Å². The third-order valence-corrected chi connectivity index (χ3v) is 4.49. The topological polar surface area (TPSA) is 29.1 Å². The molecule has 134 valence electrons. The van der Waals surface area contributed by atoms with Crippen molar-refractivity contribution in [3.8, 4) is 0 Å². The summed E-state index contributed by atoms with van der Waals surface area (Å²) in [5.41, 5.74) is 1.76. The molecule has 0 aliphatic heterocycles. The molecule has 0 bridgehead atoms. The maximum atomic E-state index is 12.0. The van der Waals surface area contributed by atoms with E-state index in [4.69, 9.17) is 0 Å². The summed E-state index contributed by atoms with van der Waals surface area (Å²) in [7, 11) is 0. The van der Waals surface area contributed by atoms with E-state index in [0.717, 1.165) is 12.8 Å². The van der Waals surface area contributed by atoms with E-state index in [1.54, 1.807) is 6.92 Å². The van der Waals surface area contributed by atoms with Crippen LogP contribution in [0.2, 0.25) is 0 Å². The molecule has 0 spiro atoms. The molecule has 1 amide bonds. The molecule has 1 aromatic rings. The number of hydrogen-bond donors (Lipinski definition) is 1. The van der Waals surface area contributed by atoms with Gasteiger partial charge in [0, 0.05) is 5.57 Å². The van der Waals surface area contributed by atoms with Crippen molar-refractivity contribution in [2.45, 2.75) is 84.1 Å². The average molecular weight is 330 g/mol.